The second-order valence-corrected chi connectivity index (χ2v) is 8.05. The van der Waals surface area contributed by atoms with Crippen LogP contribution in [0.2, 0.25) is 0 Å². The molecular weight excluding hydrogens is 420 g/mol. The number of nitrogens with zero attached hydrogens (tertiary/aromatic N) is 6. The van der Waals surface area contributed by atoms with Gasteiger partial charge in [0.05, 0.1) is 31.9 Å². The zero-order valence-corrected chi connectivity index (χ0v) is 19.1. The van der Waals surface area contributed by atoms with E-state index in [-0.39, 0.29) is 12.0 Å². The van der Waals surface area contributed by atoms with Gasteiger partial charge in [0.1, 0.15) is 18.2 Å². The number of hydrogen-bond acceptors (Lipinski definition) is 8. The molecule has 2 aromatic heterocycles. The molecule has 0 saturated carbocycles. The molecule has 4 rings (SSSR count). The van der Waals surface area contributed by atoms with Crippen molar-refractivity contribution < 1.29 is 14.3 Å². The predicted molar refractivity (Wildman–Crippen MR) is 124 cm³/mol. The van der Waals surface area contributed by atoms with Crippen molar-refractivity contribution in [3.8, 4) is 16.9 Å². The molecule has 1 amide bonds. The number of anilines is 1. The lowest BCUT2D eigenvalue weighted by Crippen LogP contribution is -2.43. The van der Waals surface area contributed by atoms with E-state index in [9.17, 15) is 4.79 Å². The second kappa shape index (κ2) is 10.4. The summed E-state index contributed by atoms with van der Waals surface area (Å²) in [6.07, 6.45) is 6.61. The highest BCUT2D eigenvalue weighted by Gasteiger charge is 2.29. The summed E-state index contributed by atoms with van der Waals surface area (Å²) in [7, 11) is 3.77. The highest BCUT2D eigenvalue weighted by atomic mass is 16.5. The fourth-order valence-electron chi connectivity index (χ4n) is 3.67. The largest absolute Gasteiger partial charge is 0.493 e. The van der Waals surface area contributed by atoms with Gasteiger partial charge in [0.15, 0.2) is 0 Å². The van der Waals surface area contributed by atoms with E-state index in [2.05, 4.69) is 15.0 Å². The molecule has 9 heteroatoms. The van der Waals surface area contributed by atoms with E-state index in [1.54, 1.807) is 18.6 Å². The molecule has 1 aromatic carbocycles. The van der Waals surface area contributed by atoms with E-state index in [0.717, 1.165) is 28.1 Å². The Bertz CT molecular complexity index is 1090. The van der Waals surface area contributed by atoms with E-state index >= 15 is 0 Å². The number of morpholine rings is 1. The Hall–Kier alpha value is -3.59. The predicted octanol–water partition coefficient (Wildman–Crippen LogP) is 2.68. The van der Waals surface area contributed by atoms with Crippen molar-refractivity contribution in [1.29, 1.82) is 0 Å². The summed E-state index contributed by atoms with van der Waals surface area (Å²) in [6, 6.07) is 7.79. The Balaban J connectivity index is 1.48. The molecule has 1 saturated heterocycles. The summed E-state index contributed by atoms with van der Waals surface area (Å²) in [5.74, 6) is 1.41. The topological polar surface area (TPSA) is 93.6 Å². The first-order valence-electron chi connectivity index (χ1n) is 10.9. The lowest BCUT2D eigenvalue weighted by molar-refractivity contribution is -0.139. The Morgan fingerprint density at radius 3 is 2.76 bits per heavy atom. The number of aryl methyl sites for hydroxylation is 1. The molecule has 3 heterocycles. The Labute approximate surface area is 193 Å². The van der Waals surface area contributed by atoms with Gasteiger partial charge in [0.25, 0.3) is 0 Å². The molecule has 3 aromatic rings. The number of benzene rings is 1. The Morgan fingerprint density at radius 1 is 1.21 bits per heavy atom. The van der Waals surface area contributed by atoms with E-state index in [1.807, 2.05) is 55.1 Å². The number of ether oxygens (including phenoxy) is 2. The molecule has 0 N–H and O–H groups in total. The van der Waals surface area contributed by atoms with Crippen LogP contribution in [0.3, 0.4) is 0 Å². The van der Waals surface area contributed by atoms with Gasteiger partial charge in [-0.15, -0.1) is 0 Å². The zero-order chi connectivity index (χ0) is 23.2. The first kappa shape index (κ1) is 22.6. The number of aromatic nitrogens is 4. The minimum atomic E-state index is -0.378. The third-order valence-corrected chi connectivity index (χ3v) is 5.47. The lowest BCUT2D eigenvalue weighted by Gasteiger charge is -2.33. The average Bonchev–Trinajstić information content (AvgIpc) is 2.85. The monoisotopic (exact) mass is 448 g/mol. The van der Waals surface area contributed by atoms with Crippen molar-refractivity contribution in [3.63, 3.8) is 0 Å². The van der Waals surface area contributed by atoms with Crippen molar-refractivity contribution in [2.45, 2.75) is 19.4 Å². The molecule has 172 valence electrons. The van der Waals surface area contributed by atoms with Gasteiger partial charge in [0.2, 0.25) is 11.9 Å². The van der Waals surface area contributed by atoms with Gasteiger partial charge in [-0.25, -0.2) is 19.9 Å². The van der Waals surface area contributed by atoms with Crippen molar-refractivity contribution in [2.24, 2.45) is 0 Å². The molecule has 33 heavy (non-hydrogen) atoms. The smallest absolute Gasteiger partial charge is 0.226 e. The third kappa shape index (κ3) is 5.43. The van der Waals surface area contributed by atoms with Crippen LogP contribution in [-0.4, -0.2) is 71.1 Å². The Kier molecular flexibility index (Phi) is 7.09. The number of amides is 1. The van der Waals surface area contributed by atoms with Gasteiger partial charge < -0.3 is 19.3 Å². The number of rotatable bonds is 7. The molecule has 1 aliphatic rings. The van der Waals surface area contributed by atoms with Crippen LogP contribution >= 0.6 is 0 Å². The summed E-state index contributed by atoms with van der Waals surface area (Å²) in [5.41, 5.74) is 3.37. The van der Waals surface area contributed by atoms with E-state index in [4.69, 9.17) is 14.5 Å². The quantitative estimate of drug-likeness (QED) is 0.545. The molecule has 0 radical (unpaired) electrons. The summed E-state index contributed by atoms with van der Waals surface area (Å²) < 4.78 is 11.9. The fourth-order valence-corrected chi connectivity index (χ4v) is 3.67. The van der Waals surface area contributed by atoms with Gasteiger partial charge in [-0.3, -0.25) is 4.79 Å². The minimum Gasteiger partial charge on any atom is -0.493 e. The van der Waals surface area contributed by atoms with Crippen LogP contribution in [0.5, 0.6) is 5.75 Å². The van der Waals surface area contributed by atoms with Crippen LogP contribution < -0.4 is 9.64 Å². The molecule has 0 unspecified atom stereocenters. The molecule has 0 bridgehead atoms. The van der Waals surface area contributed by atoms with Gasteiger partial charge in [-0.1, -0.05) is 18.2 Å². The summed E-state index contributed by atoms with van der Waals surface area (Å²) in [4.78, 5) is 34.0. The standard InChI is InChI=1S/C24H28N6O3/c1-17-6-4-5-7-20(17)32-10-8-22(31)30-9-11-33-21(15-30)23-19(18-12-25-16-26-13-18)14-27-24(28-23)29(2)3/h4-7,12-14,16,21H,8-11,15H2,1-3H3/t21-/m1/s1. The van der Waals surface area contributed by atoms with Crippen molar-refractivity contribution in [3.05, 3.63) is 60.4 Å². The molecule has 0 spiro atoms. The maximum Gasteiger partial charge on any atom is 0.226 e. The summed E-state index contributed by atoms with van der Waals surface area (Å²) in [5, 5.41) is 0. The Morgan fingerprint density at radius 2 is 2.00 bits per heavy atom. The van der Waals surface area contributed by atoms with Crippen LogP contribution in [0.25, 0.3) is 11.1 Å². The SMILES string of the molecule is Cc1ccccc1OCCC(=O)N1CCO[C@@H](c2nc(N(C)C)ncc2-c2cncnc2)C1. The van der Waals surface area contributed by atoms with Crippen LogP contribution in [0, 0.1) is 6.92 Å². The molecule has 1 fully saturated rings. The first-order valence-corrected chi connectivity index (χ1v) is 10.9. The highest BCUT2D eigenvalue weighted by Crippen LogP contribution is 2.31. The maximum atomic E-state index is 12.9. The van der Waals surface area contributed by atoms with Crippen molar-refractivity contribution in [1.82, 2.24) is 24.8 Å². The highest BCUT2D eigenvalue weighted by molar-refractivity contribution is 5.76. The van der Waals surface area contributed by atoms with Gasteiger partial charge in [0, 0.05) is 50.4 Å². The number of para-hydroxylation sites is 1. The summed E-state index contributed by atoms with van der Waals surface area (Å²) in [6.45, 7) is 3.70. The first-order chi connectivity index (χ1) is 16.0. The van der Waals surface area contributed by atoms with Gasteiger partial charge in [-0.2, -0.15) is 0 Å². The lowest BCUT2D eigenvalue weighted by atomic mass is 10.0. The van der Waals surface area contributed by atoms with Gasteiger partial charge in [-0.05, 0) is 18.6 Å². The van der Waals surface area contributed by atoms with Crippen LogP contribution in [0.4, 0.5) is 5.95 Å². The van der Waals surface area contributed by atoms with Crippen molar-refractivity contribution >= 4 is 11.9 Å². The minimum absolute atomic E-state index is 0.0309. The molecular formula is C24H28N6O3. The van der Waals surface area contributed by atoms with E-state index in [1.165, 1.54) is 6.33 Å². The molecule has 1 aliphatic heterocycles. The fraction of sp³-hybridized carbons (Fsp3) is 0.375. The zero-order valence-electron chi connectivity index (χ0n) is 19.1. The van der Waals surface area contributed by atoms with Crippen LogP contribution in [0.1, 0.15) is 23.8 Å². The maximum absolute atomic E-state index is 12.9. The second-order valence-electron chi connectivity index (χ2n) is 8.05. The molecule has 1 atom stereocenters. The molecule has 9 nitrogen and oxygen atoms in total. The van der Waals surface area contributed by atoms with Gasteiger partial charge >= 0.3 is 0 Å². The summed E-state index contributed by atoms with van der Waals surface area (Å²) >= 11 is 0. The van der Waals surface area contributed by atoms with E-state index < -0.39 is 0 Å². The third-order valence-electron chi connectivity index (χ3n) is 5.47. The number of hydrogen-bond donors (Lipinski definition) is 0. The number of carbonyl (C=O) groups is 1. The van der Waals surface area contributed by atoms with Crippen LogP contribution in [-0.2, 0) is 9.53 Å². The normalized spacial score (nSPS) is 15.8. The van der Waals surface area contributed by atoms with E-state index in [0.29, 0.717) is 38.7 Å². The van der Waals surface area contributed by atoms with Crippen LogP contribution in [0.15, 0.2) is 49.2 Å². The molecule has 0 aliphatic carbocycles. The number of carbonyl (C=O) groups excluding carboxylic acids is 1. The van der Waals surface area contributed by atoms with Crippen molar-refractivity contribution in [2.75, 3.05) is 45.3 Å². The average molecular weight is 449 g/mol.